The standard InChI is InChI=1S/C20H19N5O3S/c1-23(2)15-7-5-14(6-8-15)18-11-17(13-3-9-16(10-4-13)25(27)28)22-24(18)19-12-29-20(26)21-19/h3-10,18H,11-12H2,1-2H3. The number of amides is 1. The van der Waals surface area contributed by atoms with E-state index in [1.54, 1.807) is 12.1 Å². The fraction of sp³-hybridized carbons (Fsp3) is 0.250. The van der Waals surface area contributed by atoms with Crippen LogP contribution < -0.4 is 4.90 Å². The Morgan fingerprint density at radius 2 is 1.83 bits per heavy atom. The fourth-order valence-electron chi connectivity index (χ4n) is 3.37. The number of aliphatic imine (C=N–C) groups is 1. The summed E-state index contributed by atoms with van der Waals surface area (Å²) in [6, 6.07) is 14.5. The summed E-state index contributed by atoms with van der Waals surface area (Å²) in [4.78, 5) is 28.3. The normalized spacial score (nSPS) is 18.6. The van der Waals surface area contributed by atoms with Crippen LogP contribution in [0.1, 0.15) is 23.6 Å². The van der Waals surface area contributed by atoms with E-state index < -0.39 is 4.92 Å². The first-order valence-corrected chi connectivity index (χ1v) is 10.0. The summed E-state index contributed by atoms with van der Waals surface area (Å²) < 4.78 is 0. The second-order valence-corrected chi connectivity index (χ2v) is 7.91. The Kier molecular flexibility index (Phi) is 5.06. The first kappa shape index (κ1) is 19.1. The third kappa shape index (κ3) is 3.86. The lowest BCUT2D eigenvalue weighted by atomic mass is 9.98. The number of rotatable bonds is 4. The highest BCUT2D eigenvalue weighted by Gasteiger charge is 2.34. The van der Waals surface area contributed by atoms with E-state index in [9.17, 15) is 14.9 Å². The molecule has 1 atom stereocenters. The average molecular weight is 409 g/mol. The summed E-state index contributed by atoms with van der Waals surface area (Å²) >= 11 is 1.16. The Bertz CT molecular complexity index is 1020. The number of nitrogens with zero attached hydrogens (tertiary/aromatic N) is 5. The number of carbonyl (C=O) groups excluding carboxylic acids is 1. The number of hydrogen-bond donors (Lipinski definition) is 0. The van der Waals surface area contributed by atoms with Crippen LogP contribution in [-0.2, 0) is 0 Å². The van der Waals surface area contributed by atoms with Gasteiger partial charge in [-0.2, -0.15) is 10.1 Å². The van der Waals surface area contributed by atoms with E-state index in [2.05, 4.69) is 17.1 Å². The molecule has 0 saturated carbocycles. The van der Waals surface area contributed by atoms with E-state index >= 15 is 0 Å². The van der Waals surface area contributed by atoms with Crippen molar-refractivity contribution in [2.45, 2.75) is 12.5 Å². The zero-order valence-corrected chi connectivity index (χ0v) is 16.8. The number of benzene rings is 2. The van der Waals surface area contributed by atoms with Gasteiger partial charge in [-0.05, 0) is 35.4 Å². The number of thioether (sulfide) groups is 1. The maximum absolute atomic E-state index is 11.7. The molecular weight excluding hydrogens is 390 g/mol. The van der Waals surface area contributed by atoms with E-state index in [0.29, 0.717) is 18.0 Å². The first-order valence-electron chi connectivity index (χ1n) is 9.05. The number of carbonyl (C=O) groups is 1. The van der Waals surface area contributed by atoms with Gasteiger partial charge in [-0.3, -0.25) is 14.9 Å². The molecule has 0 radical (unpaired) electrons. The fourth-order valence-corrected chi connectivity index (χ4v) is 3.99. The van der Waals surface area contributed by atoms with Crippen LogP contribution in [0.25, 0.3) is 0 Å². The average Bonchev–Trinajstić information content (AvgIpc) is 3.34. The van der Waals surface area contributed by atoms with E-state index in [4.69, 9.17) is 5.10 Å². The lowest BCUT2D eigenvalue weighted by molar-refractivity contribution is -0.384. The molecule has 2 heterocycles. The van der Waals surface area contributed by atoms with E-state index in [0.717, 1.165) is 34.3 Å². The lowest BCUT2D eigenvalue weighted by Crippen LogP contribution is -2.27. The highest BCUT2D eigenvalue weighted by atomic mass is 32.2. The van der Waals surface area contributed by atoms with Gasteiger partial charge in [0.1, 0.15) is 5.84 Å². The summed E-state index contributed by atoms with van der Waals surface area (Å²) in [6.45, 7) is 0. The lowest BCUT2D eigenvalue weighted by Gasteiger charge is -2.23. The molecule has 0 aliphatic carbocycles. The highest BCUT2D eigenvalue weighted by molar-refractivity contribution is 8.14. The van der Waals surface area contributed by atoms with Gasteiger partial charge in [0.2, 0.25) is 0 Å². The van der Waals surface area contributed by atoms with Crippen molar-refractivity contribution >= 4 is 39.9 Å². The molecule has 1 unspecified atom stereocenters. The van der Waals surface area contributed by atoms with Crippen LogP contribution in [0.3, 0.4) is 0 Å². The zero-order valence-electron chi connectivity index (χ0n) is 16.0. The van der Waals surface area contributed by atoms with Gasteiger partial charge in [-0.1, -0.05) is 23.9 Å². The summed E-state index contributed by atoms with van der Waals surface area (Å²) in [5.74, 6) is 1.13. The van der Waals surface area contributed by atoms with E-state index in [-0.39, 0.29) is 17.0 Å². The number of non-ortho nitro benzene ring substituents is 1. The molecule has 2 aromatic carbocycles. The van der Waals surface area contributed by atoms with E-state index in [1.807, 2.05) is 36.1 Å². The van der Waals surface area contributed by atoms with Crippen molar-refractivity contribution in [1.29, 1.82) is 0 Å². The maximum atomic E-state index is 11.7. The van der Waals surface area contributed by atoms with Gasteiger partial charge in [0.25, 0.3) is 5.69 Å². The molecule has 9 heteroatoms. The molecule has 0 bridgehead atoms. The number of hydrazone groups is 1. The minimum Gasteiger partial charge on any atom is -0.378 e. The van der Waals surface area contributed by atoms with Gasteiger partial charge in [-0.15, -0.1) is 0 Å². The Labute approximate surface area is 172 Å². The number of hydrogen-bond acceptors (Lipinski definition) is 7. The molecule has 1 amide bonds. The smallest absolute Gasteiger partial charge is 0.307 e. The van der Waals surface area contributed by atoms with Crippen molar-refractivity contribution in [3.8, 4) is 0 Å². The minimum absolute atomic E-state index is 0.0437. The van der Waals surface area contributed by atoms with Crippen molar-refractivity contribution in [2.75, 3.05) is 24.7 Å². The number of amidine groups is 1. The van der Waals surface area contributed by atoms with Crippen LogP contribution in [0.2, 0.25) is 0 Å². The molecule has 2 aliphatic rings. The zero-order chi connectivity index (χ0) is 20.5. The summed E-state index contributed by atoms with van der Waals surface area (Å²) in [6.07, 6.45) is 0.622. The maximum Gasteiger partial charge on any atom is 0.307 e. The Hall–Kier alpha value is -3.20. The Morgan fingerprint density at radius 1 is 1.14 bits per heavy atom. The minimum atomic E-state index is -0.419. The molecule has 4 rings (SSSR count). The predicted molar refractivity (Wildman–Crippen MR) is 115 cm³/mol. The van der Waals surface area contributed by atoms with Crippen LogP contribution in [0, 0.1) is 10.1 Å². The molecule has 0 N–H and O–H groups in total. The Morgan fingerprint density at radius 3 is 2.38 bits per heavy atom. The molecule has 2 aliphatic heterocycles. The largest absolute Gasteiger partial charge is 0.378 e. The van der Waals surface area contributed by atoms with Gasteiger partial charge in [0.15, 0.2) is 0 Å². The third-order valence-corrected chi connectivity index (χ3v) is 5.67. The van der Waals surface area contributed by atoms with Crippen molar-refractivity contribution in [2.24, 2.45) is 10.1 Å². The highest BCUT2D eigenvalue weighted by Crippen LogP contribution is 2.36. The van der Waals surface area contributed by atoms with Gasteiger partial charge < -0.3 is 4.90 Å². The first-order chi connectivity index (χ1) is 13.9. The molecule has 0 fully saturated rings. The van der Waals surface area contributed by atoms with Crippen LogP contribution in [0.4, 0.5) is 16.2 Å². The molecule has 8 nitrogen and oxygen atoms in total. The number of anilines is 1. The van der Waals surface area contributed by atoms with Crippen molar-refractivity contribution in [3.63, 3.8) is 0 Å². The SMILES string of the molecule is CN(C)c1ccc(C2CC(c3ccc([N+](=O)[O-])cc3)=NN2C2=NC(=O)SC2)cc1. The Balaban J connectivity index is 1.67. The summed E-state index contributed by atoms with van der Waals surface area (Å²) in [5, 5.41) is 17.3. The molecular formula is C20H19N5O3S. The third-order valence-electron chi connectivity index (χ3n) is 4.93. The van der Waals surface area contributed by atoms with Crippen LogP contribution in [-0.4, -0.2) is 46.6 Å². The second-order valence-electron chi connectivity index (χ2n) is 6.98. The summed E-state index contributed by atoms with van der Waals surface area (Å²) in [5.41, 5.74) is 3.85. The predicted octanol–water partition coefficient (Wildman–Crippen LogP) is 4.08. The van der Waals surface area contributed by atoms with Crippen molar-refractivity contribution in [1.82, 2.24) is 5.01 Å². The number of nitro groups is 1. The molecule has 29 heavy (non-hydrogen) atoms. The van der Waals surface area contributed by atoms with Gasteiger partial charge >= 0.3 is 5.24 Å². The quantitative estimate of drug-likeness (QED) is 0.558. The topological polar surface area (TPSA) is 91.4 Å². The number of nitro benzene ring substituents is 1. The molecule has 0 saturated heterocycles. The molecule has 0 spiro atoms. The van der Waals surface area contributed by atoms with E-state index in [1.165, 1.54) is 12.1 Å². The van der Waals surface area contributed by atoms with Gasteiger partial charge in [0, 0.05) is 38.3 Å². The summed E-state index contributed by atoms with van der Waals surface area (Å²) in [7, 11) is 3.98. The van der Waals surface area contributed by atoms with Gasteiger partial charge in [0.05, 0.1) is 22.4 Å². The van der Waals surface area contributed by atoms with Crippen LogP contribution in [0.15, 0.2) is 58.6 Å². The van der Waals surface area contributed by atoms with Crippen molar-refractivity contribution < 1.29 is 9.72 Å². The van der Waals surface area contributed by atoms with Crippen molar-refractivity contribution in [3.05, 3.63) is 69.8 Å². The van der Waals surface area contributed by atoms with Crippen LogP contribution in [0.5, 0.6) is 0 Å². The molecule has 2 aromatic rings. The second kappa shape index (κ2) is 7.67. The monoisotopic (exact) mass is 409 g/mol. The van der Waals surface area contributed by atoms with Gasteiger partial charge in [-0.25, -0.2) is 5.01 Å². The van der Waals surface area contributed by atoms with Crippen LogP contribution >= 0.6 is 11.8 Å². The molecule has 148 valence electrons. The molecule has 0 aromatic heterocycles.